The Bertz CT molecular complexity index is 200. The normalized spacial score (nSPS) is 41.1. The SMILES string of the molecule is O=C1C2CCCC[C@@H]2C1(Cl)Cl. The predicted octanol–water partition coefficient (Wildman–Crippen LogP) is 2.55. The van der Waals surface area contributed by atoms with E-state index in [0.717, 1.165) is 19.3 Å². The van der Waals surface area contributed by atoms with Crippen molar-refractivity contribution in [3.05, 3.63) is 0 Å². The summed E-state index contributed by atoms with van der Waals surface area (Å²) in [4.78, 5) is 11.3. The number of carbonyl (C=O) groups is 1. The molecule has 1 nitrogen and oxygen atoms in total. The molecule has 0 aromatic rings. The van der Waals surface area contributed by atoms with E-state index < -0.39 is 4.33 Å². The molecular weight excluding hydrogens is 183 g/mol. The first-order valence-corrected chi connectivity index (χ1v) is 4.82. The van der Waals surface area contributed by atoms with E-state index in [0.29, 0.717) is 0 Å². The van der Waals surface area contributed by atoms with Gasteiger partial charge in [0.15, 0.2) is 10.1 Å². The van der Waals surface area contributed by atoms with E-state index >= 15 is 0 Å². The molecule has 0 saturated heterocycles. The van der Waals surface area contributed by atoms with Crippen molar-refractivity contribution in [2.24, 2.45) is 11.8 Å². The van der Waals surface area contributed by atoms with Crippen LogP contribution in [0.25, 0.3) is 0 Å². The topological polar surface area (TPSA) is 17.1 Å². The summed E-state index contributed by atoms with van der Waals surface area (Å²) in [6.07, 6.45) is 4.38. The lowest BCUT2D eigenvalue weighted by atomic mass is 9.64. The maximum Gasteiger partial charge on any atom is 0.179 e. The Hall–Kier alpha value is 0.250. The largest absolute Gasteiger partial charge is 0.296 e. The molecule has 2 fully saturated rings. The molecule has 2 rings (SSSR count). The summed E-state index contributed by atoms with van der Waals surface area (Å²) >= 11 is 11.7. The molecule has 0 bridgehead atoms. The van der Waals surface area contributed by atoms with Crippen molar-refractivity contribution in [2.45, 2.75) is 30.0 Å². The van der Waals surface area contributed by atoms with Crippen molar-refractivity contribution in [3.63, 3.8) is 0 Å². The summed E-state index contributed by atoms with van der Waals surface area (Å²) in [5, 5.41) is 0. The summed E-state index contributed by atoms with van der Waals surface area (Å²) in [5.41, 5.74) is 0. The van der Waals surface area contributed by atoms with Gasteiger partial charge in [0.25, 0.3) is 0 Å². The molecule has 62 valence electrons. The van der Waals surface area contributed by atoms with Crippen LogP contribution in [0.4, 0.5) is 0 Å². The van der Waals surface area contributed by atoms with Crippen molar-refractivity contribution in [2.75, 3.05) is 0 Å². The summed E-state index contributed by atoms with van der Waals surface area (Å²) in [7, 11) is 0. The summed E-state index contributed by atoms with van der Waals surface area (Å²) in [6.45, 7) is 0. The molecule has 0 N–H and O–H groups in total. The second kappa shape index (κ2) is 2.37. The molecule has 2 aliphatic carbocycles. The van der Waals surface area contributed by atoms with Gasteiger partial charge in [-0.3, -0.25) is 4.79 Å². The number of hydrogen-bond acceptors (Lipinski definition) is 1. The third-order valence-electron chi connectivity index (χ3n) is 2.90. The Kier molecular flexibility index (Phi) is 1.69. The molecule has 0 aromatic carbocycles. The van der Waals surface area contributed by atoms with Gasteiger partial charge < -0.3 is 0 Å². The number of rotatable bonds is 0. The van der Waals surface area contributed by atoms with Crippen LogP contribution in [0.5, 0.6) is 0 Å². The van der Waals surface area contributed by atoms with Gasteiger partial charge in [0.1, 0.15) is 0 Å². The first-order chi connectivity index (χ1) is 5.14. The Balaban J connectivity index is 2.15. The number of fused-ring (bicyclic) bond motifs is 1. The van der Waals surface area contributed by atoms with E-state index in [-0.39, 0.29) is 17.6 Å². The second-order valence-electron chi connectivity index (χ2n) is 3.48. The molecule has 2 atom stereocenters. The number of Topliss-reactive ketones (excluding diaryl/α,β-unsaturated/α-hetero) is 1. The van der Waals surface area contributed by atoms with Crippen LogP contribution < -0.4 is 0 Å². The van der Waals surface area contributed by atoms with Crippen LogP contribution in [-0.4, -0.2) is 10.1 Å². The zero-order valence-electron chi connectivity index (χ0n) is 6.15. The van der Waals surface area contributed by atoms with Gasteiger partial charge in [0, 0.05) is 11.8 Å². The zero-order chi connectivity index (χ0) is 8.06. The minimum absolute atomic E-state index is 0.0607. The molecule has 0 amide bonds. The Labute approximate surface area is 76.1 Å². The molecule has 0 aromatic heterocycles. The van der Waals surface area contributed by atoms with Crippen LogP contribution >= 0.6 is 23.2 Å². The molecule has 0 heterocycles. The highest BCUT2D eigenvalue weighted by Crippen LogP contribution is 2.54. The number of carbonyl (C=O) groups excluding carboxylic acids is 1. The zero-order valence-corrected chi connectivity index (χ0v) is 7.66. The highest BCUT2D eigenvalue weighted by atomic mass is 35.5. The van der Waals surface area contributed by atoms with Crippen LogP contribution in [-0.2, 0) is 4.79 Å². The van der Waals surface area contributed by atoms with Crippen molar-refractivity contribution in [3.8, 4) is 0 Å². The van der Waals surface area contributed by atoms with Crippen LogP contribution in [0, 0.1) is 11.8 Å². The first kappa shape index (κ1) is 7.88. The lowest BCUT2D eigenvalue weighted by molar-refractivity contribution is -0.137. The fourth-order valence-electron chi connectivity index (χ4n) is 2.21. The van der Waals surface area contributed by atoms with E-state index in [2.05, 4.69) is 0 Å². The molecule has 0 radical (unpaired) electrons. The smallest absolute Gasteiger partial charge is 0.179 e. The number of ketones is 1. The number of halogens is 2. The average Bonchev–Trinajstić information content (AvgIpc) is 2.04. The molecule has 2 saturated carbocycles. The summed E-state index contributed by atoms with van der Waals surface area (Å²) in [5.74, 6) is 0.511. The highest BCUT2D eigenvalue weighted by Gasteiger charge is 2.60. The highest BCUT2D eigenvalue weighted by molar-refractivity contribution is 6.60. The summed E-state index contributed by atoms with van der Waals surface area (Å²) in [6, 6.07) is 0. The molecule has 11 heavy (non-hydrogen) atoms. The standard InChI is InChI=1S/C8H10Cl2O/c9-8(10)6-4-2-1-3-5(6)7(8)11/h5-6H,1-4H2/t5?,6-/m0/s1. The van der Waals surface area contributed by atoms with Crippen LogP contribution in [0.1, 0.15) is 25.7 Å². The van der Waals surface area contributed by atoms with Crippen molar-refractivity contribution in [1.82, 2.24) is 0 Å². The van der Waals surface area contributed by atoms with Crippen LogP contribution in [0.15, 0.2) is 0 Å². The molecule has 3 heteroatoms. The maximum atomic E-state index is 11.3. The van der Waals surface area contributed by atoms with E-state index in [9.17, 15) is 4.79 Å². The lowest BCUT2D eigenvalue weighted by Gasteiger charge is -2.48. The Morgan fingerprint density at radius 3 is 2.55 bits per heavy atom. The fourth-order valence-corrected chi connectivity index (χ4v) is 3.01. The van der Waals surface area contributed by atoms with Gasteiger partial charge in [-0.2, -0.15) is 0 Å². The quantitative estimate of drug-likeness (QED) is 0.540. The van der Waals surface area contributed by atoms with Crippen molar-refractivity contribution in [1.29, 1.82) is 0 Å². The average molecular weight is 193 g/mol. The van der Waals surface area contributed by atoms with Crippen molar-refractivity contribution >= 4 is 29.0 Å². The lowest BCUT2D eigenvalue weighted by Crippen LogP contribution is -2.57. The molecule has 0 aliphatic heterocycles. The predicted molar refractivity (Wildman–Crippen MR) is 44.9 cm³/mol. The number of hydrogen-bond donors (Lipinski definition) is 0. The maximum absolute atomic E-state index is 11.3. The third-order valence-corrected chi connectivity index (χ3v) is 3.83. The Morgan fingerprint density at radius 1 is 1.27 bits per heavy atom. The molecule has 0 spiro atoms. The van der Waals surface area contributed by atoms with Crippen molar-refractivity contribution < 1.29 is 4.79 Å². The van der Waals surface area contributed by atoms with E-state index in [1.807, 2.05) is 0 Å². The van der Waals surface area contributed by atoms with E-state index in [1.165, 1.54) is 6.42 Å². The van der Waals surface area contributed by atoms with E-state index in [1.54, 1.807) is 0 Å². The van der Waals surface area contributed by atoms with Crippen LogP contribution in [0.2, 0.25) is 0 Å². The van der Waals surface area contributed by atoms with Gasteiger partial charge in [0.05, 0.1) is 0 Å². The van der Waals surface area contributed by atoms with Gasteiger partial charge in [-0.25, -0.2) is 0 Å². The second-order valence-corrected chi connectivity index (χ2v) is 4.87. The number of alkyl halides is 2. The van der Waals surface area contributed by atoms with Gasteiger partial charge in [0.2, 0.25) is 0 Å². The van der Waals surface area contributed by atoms with Gasteiger partial charge in [-0.15, -0.1) is 0 Å². The van der Waals surface area contributed by atoms with Crippen LogP contribution in [0.3, 0.4) is 0 Å². The molecular formula is C8H10Cl2O. The fraction of sp³-hybridized carbons (Fsp3) is 0.875. The van der Waals surface area contributed by atoms with Gasteiger partial charge in [-0.1, -0.05) is 36.0 Å². The third kappa shape index (κ3) is 0.940. The minimum atomic E-state index is -1.02. The summed E-state index contributed by atoms with van der Waals surface area (Å²) < 4.78 is -1.02. The molecule has 2 aliphatic rings. The monoisotopic (exact) mass is 192 g/mol. The van der Waals surface area contributed by atoms with Gasteiger partial charge in [-0.05, 0) is 12.8 Å². The van der Waals surface area contributed by atoms with Gasteiger partial charge >= 0.3 is 0 Å². The Morgan fingerprint density at radius 2 is 1.91 bits per heavy atom. The minimum Gasteiger partial charge on any atom is -0.296 e. The first-order valence-electron chi connectivity index (χ1n) is 4.06. The van der Waals surface area contributed by atoms with E-state index in [4.69, 9.17) is 23.2 Å². The molecule has 1 unspecified atom stereocenters.